The van der Waals surface area contributed by atoms with Crippen molar-refractivity contribution in [3.8, 4) is 0 Å². The van der Waals surface area contributed by atoms with E-state index in [1.54, 1.807) is 0 Å². The van der Waals surface area contributed by atoms with Gasteiger partial charge in [0.2, 0.25) is 0 Å². The molecule has 18 heavy (non-hydrogen) atoms. The fourth-order valence-electron chi connectivity index (χ4n) is 1.73. The SMILES string of the molecule is CCC[C@@H](C)[C@@H](C)C=NS(=O)c1ccc(C)cc1. The van der Waals surface area contributed by atoms with Crippen molar-refractivity contribution in [1.82, 2.24) is 0 Å². The minimum absolute atomic E-state index is 0.374. The summed E-state index contributed by atoms with van der Waals surface area (Å²) in [6.45, 7) is 8.56. The summed E-state index contributed by atoms with van der Waals surface area (Å²) in [7, 11) is -1.26. The Labute approximate surface area is 113 Å². The van der Waals surface area contributed by atoms with Gasteiger partial charge >= 0.3 is 0 Å². The summed E-state index contributed by atoms with van der Waals surface area (Å²) in [6.07, 6.45) is 4.21. The van der Waals surface area contributed by atoms with Crippen LogP contribution in [0, 0.1) is 18.8 Å². The molecular formula is C15H23NOS. The molecule has 0 saturated carbocycles. The van der Waals surface area contributed by atoms with Crippen LogP contribution in [0.2, 0.25) is 0 Å². The van der Waals surface area contributed by atoms with Crippen LogP contribution in [0.15, 0.2) is 33.6 Å². The third-order valence-electron chi connectivity index (χ3n) is 3.26. The number of nitrogens with zero attached hydrogens (tertiary/aromatic N) is 1. The van der Waals surface area contributed by atoms with E-state index in [9.17, 15) is 4.21 Å². The third kappa shape index (κ3) is 4.73. The second-order valence-electron chi connectivity index (χ2n) is 4.94. The molecule has 0 saturated heterocycles. The van der Waals surface area contributed by atoms with Gasteiger partial charge < -0.3 is 0 Å². The van der Waals surface area contributed by atoms with Crippen molar-refractivity contribution in [2.75, 3.05) is 0 Å². The van der Waals surface area contributed by atoms with Crippen LogP contribution in [0.3, 0.4) is 0 Å². The van der Waals surface area contributed by atoms with Gasteiger partial charge in [0.15, 0.2) is 11.0 Å². The Morgan fingerprint density at radius 3 is 2.44 bits per heavy atom. The van der Waals surface area contributed by atoms with Gasteiger partial charge in [-0.05, 0) is 30.9 Å². The molecule has 0 amide bonds. The lowest BCUT2D eigenvalue weighted by atomic mass is 9.93. The first-order valence-electron chi connectivity index (χ1n) is 6.57. The van der Waals surface area contributed by atoms with E-state index < -0.39 is 11.0 Å². The smallest absolute Gasteiger partial charge is 0.172 e. The van der Waals surface area contributed by atoms with Crippen molar-refractivity contribution in [2.24, 2.45) is 16.2 Å². The third-order valence-corrected chi connectivity index (χ3v) is 4.24. The van der Waals surface area contributed by atoms with Gasteiger partial charge in [-0.15, -0.1) is 0 Å². The largest absolute Gasteiger partial charge is 0.230 e. The van der Waals surface area contributed by atoms with Crippen LogP contribution in [0.1, 0.15) is 39.2 Å². The normalized spacial score (nSPS) is 16.7. The molecule has 1 aromatic rings. The maximum Gasteiger partial charge on any atom is 0.172 e. The van der Waals surface area contributed by atoms with Crippen molar-refractivity contribution in [1.29, 1.82) is 0 Å². The highest BCUT2D eigenvalue weighted by atomic mass is 32.2. The Balaban J connectivity index is 2.61. The van der Waals surface area contributed by atoms with Crippen molar-refractivity contribution >= 4 is 17.2 Å². The molecule has 100 valence electrons. The molecule has 3 atom stereocenters. The predicted molar refractivity (Wildman–Crippen MR) is 79.3 cm³/mol. The summed E-state index contributed by atoms with van der Waals surface area (Å²) in [5, 5.41) is 0. The second-order valence-corrected chi connectivity index (χ2v) is 6.12. The van der Waals surface area contributed by atoms with Gasteiger partial charge in [0.25, 0.3) is 0 Å². The lowest BCUT2D eigenvalue weighted by Gasteiger charge is -2.14. The number of hydrogen-bond donors (Lipinski definition) is 0. The molecule has 1 aromatic carbocycles. The molecule has 2 nitrogen and oxygen atoms in total. The van der Waals surface area contributed by atoms with E-state index in [4.69, 9.17) is 0 Å². The monoisotopic (exact) mass is 265 g/mol. The Bertz CT molecular complexity index is 411. The van der Waals surface area contributed by atoms with Crippen molar-refractivity contribution < 1.29 is 4.21 Å². The van der Waals surface area contributed by atoms with Crippen LogP contribution in [-0.2, 0) is 11.0 Å². The fraction of sp³-hybridized carbons (Fsp3) is 0.533. The van der Waals surface area contributed by atoms with E-state index in [0.717, 1.165) is 4.90 Å². The molecule has 0 aliphatic rings. The highest BCUT2D eigenvalue weighted by Gasteiger charge is 2.09. The molecule has 1 unspecified atom stereocenters. The molecule has 0 fully saturated rings. The van der Waals surface area contributed by atoms with Gasteiger partial charge in [-0.25, -0.2) is 4.21 Å². The average molecular weight is 265 g/mol. The van der Waals surface area contributed by atoms with Gasteiger partial charge in [0.05, 0.1) is 4.90 Å². The van der Waals surface area contributed by atoms with Crippen molar-refractivity contribution in [3.63, 3.8) is 0 Å². The first-order valence-corrected chi connectivity index (χ1v) is 7.68. The Morgan fingerprint density at radius 2 is 1.89 bits per heavy atom. The van der Waals surface area contributed by atoms with Gasteiger partial charge in [-0.2, -0.15) is 4.40 Å². The van der Waals surface area contributed by atoms with Crippen LogP contribution < -0.4 is 0 Å². The van der Waals surface area contributed by atoms with E-state index in [1.165, 1.54) is 18.4 Å². The lowest BCUT2D eigenvalue weighted by Crippen LogP contribution is -2.09. The first kappa shape index (κ1) is 15.1. The quantitative estimate of drug-likeness (QED) is 0.710. The molecule has 1 rings (SSSR count). The summed E-state index contributed by atoms with van der Waals surface area (Å²) in [6, 6.07) is 7.68. The summed E-state index contributed by atoms with van der Waals surface area (Å²) < 4.78 is 16.1. The predicted octanol–water partition coefficient (Wildman–Crippen LogP) is 4.16. The molecule has 0 radical (unpaired) electrons. The highest BCUT2D eigenvalue weighted by molar-refractivity contribution is 7.83. The average Bonchev–Trinajstić information content (AvgIpc) is 2.36. The maximum absolute atomic E-state index is 12.0. The fourth-order valence-corrected chi connectivity index (χ4v) is 2.53. The summed E-state index contributed by atoms with van der Waals surface area (Å²) in [4.78, 5) is 0.771. The minimum Gasteiger partial charge on any atom is -0.230 e. The second kappa shape index (κ2) is 7.47. The standard InChI is InChI=1S/C15H23NOS/c1-5-6-13(3)14(4)11-16-18(17)15-9-7-12(2)8-10-15/h7-11,13-14H,5-6H2,1-4H3/t13-,14+,18?/m1/s1. The zero-order valence-corrected chi connectivity index (χ0v) is 12.5. The van der Waals surface area contributed by atoms with Gasteiger partial charge in [0, 0.05) is 6.21 Å². The number of aryl methyl sites for hydroxylation is 1. The van der Waals surface area contributed by atoms with Crippen LogP contribution in [0.25, 0.3) is 0 Å². The number of rotatable bonds is 6. The molecule has 3 heteroatoms. The lowest BCUT2D eigenvalue weighted by molar-refractivity contribution is 0.450. The van der Waals surface area contributed by atoms with Crippen LogP contribution in [0.5, 0.6) is 0 Å². The molecule has 0 aromatic heterocycles. The maximum atomic E-state index is 12.0. The molecule has 0 aliphatic carbocycles. The molecule has 0 aliphatic heterocycles. The Morgan fingerprint density at radius 1 is 1.28 bits per heavy atom. The first-order chi connectivity index (χ1) is 8.54. The van der Waals surface area contributed by atoms with Crippen LogP contribution >= 0.6 is 0 Å². The molecular weight excluding hydrogens is 242 g/mol. The molecule has 0 heterocycles. The molecule has 0 bridgehead atoms. The molecule has 0 spiro atoms. The zero-order chi connectivity index (χ0) is 13.5. The van der Waals surface area contributed by atoms with Crippen LogP contribution in [0.4, 0.5) is 0 Å². The minimum atomic E-state index is -1.26. The summed E-state index contributed by atoms with van der Waals surface area (Å²) in [5.74, 6) is 0.966. The van der Waals surface area contributed by atoms with E-state index in [1.807, 2.05) is 37.4 Å². The van der Waals surface area contributed by atoms with Gasteiger partial charge in [0.1, 0.15) is 0 Å². The topological polar surface area (TPSA) is 29.4 Å². The molecule has 0 N–H and O–H groups in total. The van der Waals surface area contributed by atoms with E-state index in [-0.39, 0.29) is 0 Å². The van der Waals surface area contributed by atoms with Gasteiger partial charge in [-0.1, -0.05) is 51.3 Å². The Kier molecular flexibility index (Phi) is 6.27. The van der Waals surface area contributed by atoms with E-state index in [0.29, 0.717) is 11.8 Å². The van der Waals surface area contributed by atoms with Gasteiger partial charge in [-0.3, -0.25) is 0 Å². The summed E-state index contributed by atoms with van der Waals surface area (Å²) in [5.41, 5.74) is 1.17. The highest BCUT2D eigenvalue weighted by Crippen LogP contribution is 2.16. The zero-order valence-electron chi connectivity index (χ0n) is 11.7. The van der Waals surface area contributed by atoms with Crippen LogP contribution in [-0.4, -0.2) is 10.4 Å². The number of benzene rings is 1. The Hall–Kier alpha value is -0.960. The van der Waals surface area contributed by atoms with Crippen molar-refractivity contribution in [2.45, 2.75) is 45.4 Å². The van der Waals surface area contributed by atoms with E-state index >= 15 is 0 Å². The number of hydrogen-bond acceptors (Lipinski definition) is 1. The summed E-state index contributed by atoms with van der Waals surface area (Å²) >= 11 is 0. The van der Waals surface area contributed by atoms with E-state index in [2.05, 4.69) is 25.2 Å². The van der Waals surface area contributed by atoms with Crippen molar-refractivity contribution in [3.05, 3.63) is 29.8 Å².